The van der Waals surface area contributed by atoms with Gasteiger partial charge in [0.25, 0.3) is 0 Å². The van der Waals surface area contributed by atoms with Crippen LogP contribution in [-0.2, 0) is 0 Å². The van der Waals surface area contributed by atoms with Gasteiger partial charge >= 0.3 is 0 Å². The zero-order chi connectivity index (χ0) is 16.9. The molecule has 0 saturated carbocycles. The summed E-state index contributed by atoms with van der Waals surface area (Å²) in [7, 11) is 0. The second kappa shape index (κ2) is 8.06. The minimum absolute atomic E-state index is 0.412. The molecule has 0 aliphatic carbocycles. The van der Waals surface area contributed by atoms with Crippen molar-refractivity contribution < 1.29 is 0 Å². The fourth-order valence-electron chi connectivity index (χ4n) is 1.87. The van der Waals surface area contributed by atoms with Gasteiger partial charge in [-0.15, -0.1) is 10.2 Å². The van der Waals surface area contributed by atoms with Crippen LogP contribution in [0, 0.1) is 0 Å². The van der Waals surface area contributed by atoms with E-state index in [4.69, 9.17) is 0 Å². The van der Waals surface area contributed by atoms with Crippen LogP contribution in [0.1, 0.15) is 90.7 Å². The highest BCUT2D eigenvalue weighted by molar-refractivity contribution is 5.00. The standard InChI is InChI=1S/2C8H15N3/c1-6(2)8-5-11(7(3)4)10-9-8;1-6(2)8-5-9-10-11(8)7(3)4/h2*5-7H,1-4H3. The maximum atomic E-state index is 4.05. The Labute approximate surface area is 133 Å². The molecule has 0 aromatic carbocycles. The molecule has 2 aromatic heterocycles. The van der Waals surface area contributed by atoms with Gasteiger partial charge < -0.3 is 0 Å². The smallest absolute Gasteiger partial charge is 0.0852 e. The Hall–Kier alpha value is -1.72. The van der Waals surface area contributed by atoms with Crippen molar-refractivity contribution in [3.05, 3.63) is 23.8 Å². The van der Waals surface area contributed by atoms with Crippen molar-refractivity contribution in [2.45, 2.75) is 79.3 Å². The van der Waals surface area contributed by atoms with Gasteiger partial charge in [-0.3, -0.25) is 0 Å². The zero-order valence-electron chi connectivity index (χ0n) is 15.1. The van der Waals surface area contributed by atoms with Crippen molar-refractivity contribution in [1.82, 2.24) is 30.0 Å². The number of rotatable bonds is 4. The van der Waals surface area contributed by atoms with E-state index < -0.39 is 0 Å². The normalized spacial score (nSPS) is 11.5. The molecule has 0 saturated heterocycles. The lowest BCUT2D eigenvalue weighted by atomic mass is 10.1. The Morgan fingerprint density at radius 2 is 1.45 bits per heavy atom. The molecule has 22 heavy (non-hydrogen) atoms. The molecule has 0 aliphatic rings. The van der Waals surface area contributed by atoms with Crippen molar-refractivity contribution in [2.24, 2.45) is 0 Å². The monoisotopic (exact) mass is 306 g/mol. The second-order valence-corrected chi connectivity index (χ2v) is 6.72. The molecule has 0 atom stereocenters. The van der Waals surface area contributed by atoms with E-state index in [1.807, 2.05) is 21.8 Å². The topological polar surface area (TPSA) is 61.4 Å². The third-order valence-electron chi connectivity index (χ3n) is 3.33. The lowest BCUT2D eigenvalue weighted by Gasteiger charge is -2.10. The van der Waals surface area contributed by atoms with Crippen molar-refractivity contribution >= 4 is 0 Å². The first kappa shape index (κ1) is 18.3. The molecule has 0 aliphatic heterocycles. The van der Waals surface area contributed by atoms with E-state index in [2.05, 4.69) is 76.0 Å². The highest BCUT2D eigenvalue weighted by Crippen LogP contribution is 2.15. The summed E-state index contributed by atoms with van der Waals surface area (Å²) in [5.74, 6) is 0.981. The van der Waals surface area contributed by atoms with Crippen LogP contribution >= 0.6 is 0 Å². The molecule has 0 bridgehead atoms. The maximum absolute atomic E-state index is 4.05. The average molecular weight is 306 g/mol. The van der Waals surface area contributed by atoms with Gasteiger partial charge in [-0.25, -0.2) is 9.36 Å². The predicted molar refractivity (Wildman–Crippen MR) is 89.0 cm³/mol. The summed E-state index contributed by atoms with van der Waals surface area (Å²) in [6, 6.07) is 0.824. The Bertz CT molecular complexity index is 505. The van der Waals surface area contributed by atoms with Gasteiger partial charge in [0.15, 0.2) is 0 Å². The van der Waals surface area contributed by atoms with Gasteiger partial charge in [0.1, 0.15) is 0 Å². The molecule has 0 spiro atoms. The minimum atomic E-state index is 0.412. The fourth-order valence-corrected chi connectivity index (χ4v) is 1.87. The molecule has 124 valence electrons. The summed E-state index contributed by atoms with van der Waals surface area (Å²) < 4.78 is 3.85. The molecular formula is C16H30N6. The minimum Gasteiger partial charge on any atom is -0.250 e. The van der Waals surface area contributed by atoms with E-state index in [-0.39, 0.29) is 0 Å². The molecule has 0 radical (unpaired) electrons. The van der Waals surface area contributed by atoms with E-state index in [1.165, 1.54) is 5.69 Å². The van der Waals surface area contributed by atoms with Crippen molar-refractivity contribution in [1.29, 1.82) is 0 Å². The van der Waals surface area contributed by atoms with Crippen LogP contribution < -0.4 is 0 Å². The number of hydrogen-bond donors (Lipinski definition) is 0. The predicted octanol–water partition coefficient (Wildman–Crippen LogP) is 3.96. The molecule has 0 amide bonds. The van der Waals surface area contributed by atoms with Crippen molar-refractivity contribution in [3.63, 3.8) is 0 Å². The average Bonchev–Trinajstić information content (AvgIpc) is 3.09. The molecular weight excluding hydrogens is 276 g/mol. The molecule has 2 rings (SSSR count). The van der Waals surface area contributed by atoms with E-state index in [9.17, 15) is 0 Å². The molecule has 2 aromatic rings. The second-order valence-electron chi connectivity index (χ2n) is 6.72. The number of aromatic nitrogens is 6. The summed E-state index contributed by atoms with van der Waals surface area (Å²) in [5, 5.41) is 15.9. The highest BCUT2D eigenvalue weighted by Gasteiger charge is 2.09. The van der Waals surface area contributed by atoms with Gasteiger partial charge in [-0.05, 0) is 39.5 Å². The fraction of sp³-hybridized carbons (Fsp3) is 0.750. The van der Waals surface area contributed by atoms with E-state index >= 15 is 0 Å². The van der Waals surface area contributed by atoms with Crippen LogP contribution in [-0.4, -0.2) is 30.0 Å². The number of nitrogens with zero attached hydrogens (tertiary/aromatic N) is 6. The quantitative estimate of drug-likeness (QED) is 0.857. The van der Waals surface area contributed by atoms with Gasteiger partial charge in [0, 0.05) is 18.3 Å². The molecule has 0 unspecified atom stereocenters. The largest absolute Gasteiger partial charge is 0.250 e. The van der Waals surface area contributed by atoms with Gasteiger partial charge in [0.2, 0.25) is 0 Å². The lowest BCUT2D eigenvalue weighted by Crippen LogP contribution is -2.08. The van der Waals surface area contributed by atoms with Gasteiger partial charge in [-0.2, -0.15) is 0 Å². The van der Waals surface area contributed by atoms with E-state index in [1.54, 1.807) is 0 Å². The summed E-state index contributed by atoms with van der Waals surface area (Å²) in [5.41, 5.74) is 2.28. The summed E-state index contributed by atoms with van der Waals surface area (Å²) in [6.45, 7) is 17.0. The Morgan fingerprint density at radius 3 is 1.77 bits per heavy atom. The Morgan fingerprint density at radius 1 is 0.818 bits per heavy atom. The molecule has 6 heteroatoms. The van der Waals surface area contributed by atoms with Crippen LogP contribution in [0.25, 0.3) is 0 Å². The zero-order valence-corrected chi connectivity index (χ0v) is 15.1. The van der Waals surface area contributed by atoms with Crippen LogP contribution in [0.15, 0.2) is 12.4 Å². The van der Waals surface area contributed by atoms with E-state index in [0.717, 1.165) is 5.69 Å². The first-order chi connectivity index (χ1) is 10.2. The summed E-state index contributed by atoms with van der Waals surface area (Å²) >= 11 is 0. The van der Waals surface area contributed by atoms with Crippen LogP contribution in [0.4, 0.5) is 0 Å². The van der Waals surface area contributed by atoms with Crippen LogP contribution in [0.3, 0.4) is 0 Å². The van der Waals surface area contributed by atoms with Crippen molar-refractivity contribution in [3.8, 4) is 0 Å². The Balaban J connectivity index is 0.000000220. The lowest BCUT2D eigenvalue weighted by molar-refractivity contribution is 0.484. The molecule has 6 nitrogen and oxygen atoms in total. The molecule has 0 fully saturated rings. The SMILES string of the molecule is CC(C)c1cn(C(C)C)nn1.CC(C)c1cnnn1C(C)C. The third kappa shape index (κ3) is 4.93. The third-order valence-corrected chi connectivity index (χ3v) is 3.33. The molecule has 0 N–H and O–H groups in total. The first-order valence-corrected chi connectivity index (χ1v) is 8.05. The highest BCUT2D eigenvalue weighted by atomic mass is 15.4. The summed E-state index contributed by atoms with van der Waals surface area (Å²) in [6.07, 6.45) is 3.85. The maximum Gasteiger partial charge on any atom is 0.0852 e. The van der Waals surface area contributed by atoms with Gasteiger partial charge in [0.05, 0.1) is 17.6 Å². The Kier molecular flexibility index (Phi) is 6.71. The van der Waals surface area contributed by atoms with Crippen LogP contribution in [0.2, 0.25) is 0 Å². The van der Waals surface area contributed by atoms with Crippen molar-refractivity contribution in [2.75, 3.05) is 0 Å². The van der Waals surface area contributed by atoms with Gasteiger partial charge in [-0.1, -0.05) is 38.1 Å². The molecule has 2 heterocycles. The number of hydrogen-bond acceptors (Lipinski definition) is 4. The van der Waals surface area contributed by atoms with E-state index in [0.29, 0.717) is 23.9 Å². The van der Waals surface area contributed by atoms with Crippen LogP contribution in [0.5, 0.6) is 0 Å². The summed E-state index contributed by atoms with van der Waals surface area (Å²) in [4.78, 5) is 0. The first-order valence-electron chi connectivity index (χ1n) is 8.05.